The lowest BCUT2D eigenvalue weighted by Crippen LogP contribution is -2.45. The number of hydrogen-bond donors (Lipinski definition) is 1. The Kier molecular flexibility index (Phi) is 3.54. The standard InChI is InChI=1S/C7H12N4O2/c1-5(12)9-6-3-2-4-13-7(6)10-11-8/h6-7H,2-4H2,1H3,(H,9,12). The van der Waals surface area contributed by atoms with Gasteiger partial charge < -0.3 is 10.1 Å². The summed E-state index contributed by atoms with van der Waals surface area (Å²) in [6.45, 7) is 2.02. The minimum atomic E-state index is -0.553. The molecule has 1 N–H and O–H groups in total. The molecule has 0 aromatic carbocycles. The monoisotopic (exact) mass is 184 g/mol. The molecule has 0 spiro atoms. The van der Waals surface area contributed by atoms with E-state index in [1.54, 1.807) is 0 Å². The van der Waals surface area contributed by atoms with Crippen LogP contribution in [0.2, 0.25) is 0 Å². The first-order valence-electron chi connectivity index (χ1n) is 4.17. The number of carbonyl (C=O) groups excluding carboxylic acids is 1. The van der Waals surface area contributed by atoms with Crippen LogP contribution in [0.3, 0.4) is 0 Å². The second-order valence-electron chi connectivity index (χ2n) is 2.92. The summed E-state index contributed by atoms with van der Waals surface area (Å²) in [5, 5.41) is 6.15. The van der Waals surface area contributed by atoms with E-state index in [0.717, 1.165) is 12.8 Å². The molecule has 1 saturated heterocycles. The molecular weight excluding hydrogens is 172 g/mol. The molecule has 0 aromatic heterocycles. The maximum absolute atomic E-state index is 10.8. The third-order valence-electron chi connectivity index (χ3n) is 1.85. The zero-order chi connectivity index (χ0) is 9.68. The summed E-state index contributed by atoms with van der Waals surface area (Å²) >= 11 is 0. The van der Waals surface area contributed by atoms with E-state index >= 15 is 0 Å². The van der Waals surface area contributed by atoms with Crippen molar-refractivity contribution in [2.45, 2.75) is 32.0 Å². The molecule has 1 rings (SSSR count). The van der Waals surface area contributed by atoms with Crippen LogP contribution in [0.15, 0.2) is 5.11 Å². The smallest absolute Gasteiger partial charge is 0.217 e. The highest BCUT2D eigenvalue weighted by atomic mass is 16.5. The third-order valence-corrected chi connectivity index (χ3v) is 1.85. The largest absolute Gasteiger partial charge is 0.370 e. The normalized spacial score (nSPS) is 27.5. The number of nitrogens with zero attached hydrogens (tertiary/aromatic N) is 3. The van der Waals surface area contributed by atoms with Crippen molar-refractivity contribution in [2.75, 3.05) is 6.61 Å². The van der Waals surface area contributed by atoms with Crippen LogP contribution < -0.4 is 5.32 Å². The van der Waals surface area contributed by atoms with Crippen LogP contribution in [0.1, 0.15) is 19.8 Å². The summed E-state index contributed by atoms with van der Waals surface area (Å²) < 4.78 is 5.20. The van der Waals surface area contributed by atoms with Crippen LogP contribution in [0.4, 0.5) is 0 Å². The fourth-order valence-electron chi connectivity index (χ4n) is 1.34. The number of hydrogen-bond acceptors (Lipinski definition) is 3. The van der Waals surface area contributed by atoms with Crippen molar-refractivity contribution in [2.24, 2.45) is 5.11 Å². The van der Waals surface area contributed by atoms with Gasteiger partial charge in [0.2, 0.25) is 5.91 Å². The highest BCUT2D eigenvalue weighted by Crippen LogP contribution is 2.14. The van der Waals surface area contributed by atoms with E-state index in [9.17, 15) is 4.79 Å². The lowest BCUT2D eigenvalue weighted by Gasteiger charge is -2.28. The van der Waals surface area contributed by atoms with Gasteiger partial charge in [-0.15, -0.1) is 0 Å². The Balaban J connectivity index is 2.55. The van der Waals surface area contributed by atoms with E-state index in [-0.39, 0.29) is 11.9 Å². The highest BCUT2D eigenvalue weighted by molar-refractivity contribution is 5.73. The van der Waals surface area contributed by atoms with Crippen LogP contribution in [0, 0.1) is 0 Å². The van der Waals surface area contributed by atoms with Crippen molar-refractivity contribution in [3.63, 3.8) is 0 Å². The zero-order valence-electron chi connectivity index (χ0n) is 7.43. The molecule has 6 heteroatoms. The Hall–Kier alpha value is -1.26. The molecule has 0 saturated carbocycles. The quantitative estimate of drug-likeness (QED) is 0.393. The summed E-state index contributed by atoms with van der Waals surface area (Å²) in [7, 11) is 0. The first-order valence-corrected chi connectivity index (χ1v) is 4.17. The summed E-state index contributed by atoms with van der Waals surface area (Å²) in [6, 6.07) is -0.179. The fourth-order valence-corrected chi connectivity index (χ4v) is 1.34. The van der Waals surface area contributed by atoms with Crippen molar-refractivity contribution in [1.82, 2.24) is 5.32 Å². The first-order chi connectivity index (χ1) is 6.24. The lowest BCUT2D eigenvalue weighted by molar-refractivity contribution is -0.121. The van der Waals surface area contributed by atoms with Gasteiger partial charge in [-0.3, -0.25) is 4.79 Å². The average molecular weight is 184 g/mol. The Labute approximate surface area is 75.9 Å². The van der Waals surface area contributed by atoms with Crippen LogP contribution in [-0.2, 0) is 9.53 Å². The molecule has 1 aliphatic heterocycles. The minimum Gasteiger partial charge on any atom is -0.370 e. The number of carbonyl (C=O) groups is 1. The second-order valence-corrected chi connectivity index (χ2v) is 2.92. The van der Waals surface area contributed by atoms with Crippen molar-refractivity contribution in [3.8, 4) is 0 Å². The van der Waals surface area contributed by atoms with E-state index in [1.807, 2.05) is 0 Å². The van der Waals surface area contributed by atoms with E-state index in [2.05, 4.69) is 15.3 Å². The zero-order valence-corrected chi connectivity index (χ0v) is 7.43. The van der Waals surface area contributed by atoms with Gasteiger partial charge in [-0.25, -0.2) is 0 Å². The summed E-state index contributed by atoms with van der Waals surface area (Å²) in [4.78, 5) is 13.4. The molecule has 6 nitrogen and oxygen atoms in total. The summed E-state index contributed by atoms with van der Waals surface area (Å²) in [6.07, 6.45) is 1.12. The molecule has 2 atom stereocenters. The van der Waals surface area contributed by atoms with Crippen molar-refractivity contribution < 1.29 is 9.53 Å². The minimum absolute atomic E-state index is 0.131. The van der Waals surface area contributed by atoms with Gasteiger partial charge in [0.05, 0.1) is 6.04 Å². The molecule has 1 heterocycles. The number of ether oxygens (including phenoxy) is 1. The van der Waals surface area contributed by atoms with Crippen molar-refractivity contribution in [1.29, 1.82) is 0 Å². The fraction of sp³-hybridized carbons (Fsp3) is 0.857. The maximum atomic E-state index is 10.8. The highest BCUT2D eigenvalue weighted by Gasteiger charge is 2.25. The van der Waals surface area contributed by atoms with Crippen LogP contribution in [0.25, 0.3) is 10.4 Å². The van der Waals surface area contributed by atoms with Gasteiger partial charge in [0, 0.05) is 18.4 Å². The average Bonchev–Trinajstić information content (AvgIpc) is 2.08. The molecule has 0 radical (unpaired) electrons. The Morgan fingerprint density at radius 3 is 3.15 bits per heavy atom. The predicted molar refractivity (Wildman–Crippen MR) is 45.7 cm³/mol. The van der Waals surface area contributed by atoms with Gasteiger partial charge in [-0.2, -0.15) is 0 Å². The number of nitrogens with one attached hydrogen (secondary N) is 1. The second kappa shape index (κ2) is 4.69. The molecule has 1 aliphatic rings. The van der Waals surface area contributed by atoms with Gasteiger partial charge in [-0.1, -0.05) is 5.11 Å². The van der Waals surface area contributed by atoms with E-state index in [1.165, 1.54) is 6.92 Å². The number of rotatable bonds is 2. The summed E-state index contributed by atoms with van der Waals surface area (Å²) in [5.74, 6) is -0.131. The van der Waals surface area contributed by atoms with Gasteiger partial charge in [0.25, 0.3) is 0 Å². The van der Waals surface area contributed by atoms with E-state index < -0.39 is 6.23 Å². The number of azide groups is 1. The topological polar surface area (TPSA) is 87.1 Å². The number of amides is 1. The molecule has 72 valence electrons. The molecule has 2 unspecified atom stereocenters. The molecular formula is C7H12N4O2. The predicted octanol–water partition coefficient (Wildman–Crippen LogP) is 0.938. The van der Waals surface area contributed by atoms with Crippen LogP contribution >= 0.6 is 0 Å². The first kappa shape index (κ1) is 9.83. The van der Waals surface area contributed by atoms with Gasteiger partial charge in [0.1, 0.15) is 0 Å². The van der Waals surface area contributed by atoms with Crippen molar-refractivity contribution >= 4 is 5.91 Å². The van der Waals surface area contributed by atoms with Gasteiger partial charge >= 0.3 is 0 Å². The van der Waals surface area contributed by atoms with Gasteiger partial charge in [-0.05, 0) is 18.4 Å². The van der Waals surface area contributed by atoms with Crippen LogP contribution in [0.5, 0.6) is 0 Å². The molecule has 1 fully saturated rings. The Morgan fingerprint density at radius 2 is 2.54 bits per heavy atom. The Bertz CT molecular complexity index is 237. The van der Waals surface area contributed by atoms with E-state index in [4.69, 9.17) is 10.3 Å². The van der Waals surface area contributed by atoms with Crippen molar-refractivity contribution in [3.05, 3.63) is 10.4 Å². The molecule has 0 aromatic rings. The van der Waals surface area contributed by atoms with Gasteiger partial charge in [0.15, 0.2) is 6.23 Å². The molecule has 13 heavy (non-hydrogen) atoms. The molecule has 0 bridgehead atoms. The lowest BCUT2D eigenvalue weighted by atomic mass is 10.1. The maximum Gasteiger partial charge on any atom is 0.217 e. The van der Waals surface area contributed by atoms with Crippen LogP contribution in [-0.4, -0.2) is 24.8 Å². The Morgan fingerprint density at radius 1 is 1.77 bits per heavy atom. The summed E-state index contributed by atoms with van der Waals surface area (Å²) in [5.41, 5.74) is 8.24. The van der Waals surface area contributed by atoms with E-state index in [0.29, 0.717) is 6.61 Å². The SMILES string of the molecule is CC(=O)NC1CCCOC1N=[N+]=[N-]. The molecule has 1 amide bonds. The third kappa shape index (κ3) is 2.93. The molecule has 0 aliphatic carbocycles.